The van der Waals surface area contributed by atoms with Gasteiger partial charge in [-0.15, -0.1) is 16.4 Å². The summed E-state index contributed by atoms with van der Waals surface area (Å²) in [5.74, 6) is 0.472. The van der Waals surface area contributed by atoms with Crippen molar-refractivity contribution < 1.29 is 9.84 Å². The van der Waals surface area contributed by atoms with Crippen molar-refractivity contribution in [2.75, 3.05) is 7.11 Å². The van der Waals surface area contributed by atoms with Crippen LogP contribution >= 0.6 is 22.9 Å². The predicted molar refractivity (Wildman–Crippen MR) is 157 cm³/mol. The van der Waals surface area contributed by atoms with Gasteiger partial charge < -0.3 is 14.4 Å². The van der Waals surface area contributed by atoms with Gasteiger partial charge in [0, 0.05) is 42.5 Å². The molecule has 2 aromatic carbocycles. The molecule has 0 aliphatic heterocycles. The number of rotatable bonds is 7. The van der Waals surface area contributed by atoms with Crippen LogP contribution in [0.15, 0.2) is 73.2 Å². The van der Waals surface area contributed by atoms with Crippen LogP contribution < -0.4 is 4.74 Å². The largest absolute Gasteiger partial charge is 0.481 e. The lowest BCUT2D eigenvalue weighted by atomic mass is 9.87. The summed E-state index contributed by atoms with van der Waals surface area (Å²) in [6, 6.07) is 17.9. The van der Waals surface area contributed by atoms with Crippen molar-refractivity contribution in [1.82, 2.24) is 29.5 Å². The van der Waals surface area contributed by atoms with E-state index < -0.39 is 5.60 Å². The first-order valence-electron chi connectivity index (χ1n) is 12.7. The smallest absolute Gasteiger partial charge is 0.218 e. The lowest BCUT2D eigenvalue weighted by Gasteiger charge is -2.28. The molecule has 0 amide bonds. The quantitative estimate of drug-likeness (QED) is 0.262. The molecule has 0 aliphatic carbocycles. The van der Waals surface area contributed by atoms with Gasteiger partial charge in [0.2, 0.25) is 5.88 Å². The molecule has 10 heteroatoms. The molecule has 0 spiro atoms. The summed E-state index contributed by atoms with van der Waals surface area (Å²) in [5.41, 5.74) is 3.94. The average Bonchev–Trinajstić information content (AvgIpc) is 3.72. The second-order valence-corrected chi connectivity index (χ2v) is 11.3. The predicted octanol–water partition coefficient (Wildman–Crippen LogP) is 5.76. The van der Waals surface area contributed by atoms with Crippen LogP contribution in [0.25, 0.3) is 16.6 Å². The van der Waals surface area contributed by atoms with Crippen LogP contribution in [-0.2, 0) is 19.1 Å². The van der Waals surface area contributed by atoms with Gasteiger partial charge in [0.05, 0.1) is 39.4 Å². The number of halogens is 1. The summed E-state index contributed by atoms with van der Waals surface area (Å²) < 4.78 is 9.31. The lowest BCUT2D eigenvalue weighted by molar-refractivity contribution is 0.119. The summed E-state index contributed by atoms with van der Waals surface area (Å²) >= 11 is 8.55. The topological polar surface area (TPSA) is 90.9 Å². The maximum Gasteiger partial charge on any atom is 0.218 e. The number of ether oxygens (including phenoxy) is 1. The first-order chi connectivity index (χ1) is 19.3. The number of hydrogen-bond acceptors (Lipinski definition) is 7. The molecule has 0 aliphatic rings. The fraction of sp³-hybridized carbons (Fsp3) is 0.200. The van der Waals surface area contributed by atoms with E-state index in [9.17, 15) is 5.11 Å². The third kappa shape index (κ3) is 4.36. The second kappa shape index (κ2) is 10.2. The molecule has 0 radical (unpaired) electrons. The van der Waals surface area contributed by atoms with E-state index >= 15 is 0 Å². The molecule has 0 saturated heterocycles. The molecule has 8 nitrogen and oxygen atoms in total. The zero-order chi connectivity index (χ0) is 28.0. The van der Waals surface area contributed by atoms with Crippen LogP contribution in [0, 0.1) is 13.8 Å². The Balaban J connectivity index is 1.48. The van der Waals surface area contributed by atoms with E-state index in [1.54, 1.807) is 25.0 Å². The Labute approximate surface area is 240 Å². The van der Waals surface area contributed by atoms with Crippen molar-refractivity contribution in [1.29, 1.82) is 0 Å². The Morgan fingerprint density at radius 2 is 1.80 bits per heavy atom. The van der Waals surface area contributed by atoms with Gasteiger partial charge in [-0.3, -0.25) is 0 Å². The van der Waals surface area contributed by atoms with Gasteiger partial charge in [-0.2, -0.15) is 0 Å². The highest BCUT2D eigenvalue weighted by Gasteiger charge is 2.40. The normalized spacial score (nSPS) is 13.1. The van der Waals surface area contributed by atoms with Crippen LogP contribution in [0.3, 0.4) is 0 Å². The third-order valence-corrected chi connectivity index (χ3v) is 8.74. The molecule has 1 atom stereocenters. The van der Waals surface area contributed by atoms with Crippen LogP contribution in [0.4, 0.5) is 0 Å². The summed E-state index contributed by atoms with van der Waals surface area (Å²) in [4.78, 5) is 10.1. The highest BCUT2D eigenvalue weighted by atomic mass is 35.5. The number of aromatic nitrogens is 6. The Kier molecular flexibility index (Phi) is 6.66. The van der Waals surface area contributed by atoms with E-state index in [1.807, 2.05) is 56.6 Å². The first kappa shape index (κ1) is 26.2. The number of thiazole rings is 1. The number of pyridine rings is 1. The fourth-order valence-electron chi connectivity index (χ4n) is 5.17. The second-order valence-electron chi connectivity index (χ2n) is 9.68. The highest BCUT2D eigenvalue weighted by Crippen LogP contribution is 2.43. The minimum absolute atomic E-state index is 0.472. The Hall–Kier alpha value is -4.05. The number of fused-ring (bicyclic) bond motifs is 1. The van der Waals surface area contributed by atoms with E-state index in [2.05, 4.69) is 44.1 Å². The Morgan fingerprint density at radius 1 is 1.05 bits per heavy atom. The van der Waals surface area contributed by atoms with Crippen molar-refractivity contribution in [3.63, 3.8) is 0 Å². The maximum atomic E-state index is 12.4. The zero-order valence-electron chi connectivity index (χ0n) is 22.5. The minimum atomic E-state index is -1.54. The molecule has 6 rings (SSSR count). The highest BCUT2D eigenvalue weighted by molar-refractivity contribution is 7.11. The molecule has 1 unspecified atom stereocenters. The van der Waals surface area contributed by atoms with Gasteiger partial charge in [-0.25, -0.2) is 14.6 Å². The molecular weight excluding hydrogens is 544 g/mol. The molecule has 6 aromatic rings. The molecule has 0 fully saturated rings. The van der Waals surface area contributed by atoms with Crippen molar-refractivity contribution in [3.8, 4) is 11.6 Å². The van der Waals surface area contributed by atoms with Crippen LogP contribution in [0.1, 0.15) is 38.0 Å². The molecule has 1 N–H and O–H groups in total. The van der Waals surface area contributed by atoms with Gasteiger partial charge in [0.25, 0.3) is 0 Å². The maximum absolute atomic E-state index is 12.4. The van der Waals surface area contributed by atoms with Crippen LogP contribution in [-0.4, -0.2) is 41.7 Å². The van der Waals surface area contributed by atoms with Crippen LogP contribution in [0.2, 0.25) is 5.02 Å². The number of benzene rings is 2. The summed E-state index contributed by atoms with van der Waals surface area (Å²) in [7, 11) is 3.36. The van der Waals surface area contributed by atoms with Crippen molar-refractivity contribution in [3.05, 3.63) is 116 Å². The standard InChI is InChI=1S/C30H27ClN6O2S/c1-18-28(40-19(2)33-18)30(38,26-17-32-35-36(26)3)21-9-12-25-23(16-21)27(31)24(29(34-25)39-4)15-20-7-10-22(11-8-20)37-13-5-6-14-37/h5-14,16-17,38H,15H2,1-4H3. The van der Waals surface area contributed by atoms with E-state index in [1.165, 1.54) is 11.3 Å². The third-order valence-electron chi connectivity index (χ3n) is 7.13. The number of aryl methyl sites for hydroxylation is 3. The van der Waals surface area contributed by atoms with Crippen molar-refractivity contribution in [2.24, 2.45) is 7.05 Å². The number of hydrogen-bond donors (Lipinski definition) is 1. The Morgan fingerprint density at radius 3 is 2.42 bits per heavy atom. The molecular formula is C30H27ClN6O2S. The molecule has 0 bridgehead atoms. The van der Waals surface area contributed by atoms with Gasteiger partial charge >= 0.3 is 0 Å². The monoisotopic (exact) mass is 570 g/mol. The molecule has 202 valence electrons. The number of nitrogens with zero attached hydrogens (tertiary/aromatic N) is 6. The SMILES string of the molecule is COc1nc2ccc(C(O)(c3sc(C)nc3C)c3cnnn3C)cc2c(Cl)c1Cc1ccc(-n2cccc2)cc1. The van der Waals surface area contributed by atoms with E-state index in [-0.39, 0.29) is 0 Å². The molecule has 0 saturated carbocycles. The Bertz CT molecular complexity index is 1830. The molecule has 4 aromatic heterocycles. The van der Waals surface area contributed by atoms with Gasteiger partial charge in [-0.05, 0) is 61.4 Å². The van der Waals surface area contributed by atoms with E-state index in [0.717, 1.165) is 27.5 Å². The summed E-state index contributed by atoms with van der Waals surface area (Å²) in [6.07, 6.45) is 6.13. The van der Waals surface area contributed by atoms with Crippen LogP contribution in [0.5, 0.6) is 5.88 Å². The summed E-state index contributed by atoms with van der Waals surface area (Å²) in [6.45, 7) is 3.82. The number of methoxy groups -OCH3 is 1. The average molecular weight is 571 g/mol. The van der Waals surface area contributed by atoms with E-state index in [4.69, 9.17) is 21.3 Å². The van der Waals surface area contributed by atoms with Crippen molar-refractivity contribution in [2.45, 2.75) is 25.9 Å². The zero-order valence-corrected chi connectivity index (χ0v) is 24.0. The van der Waals surface area contributed by atoms with E-state index in [0.29, 0.717) is 44.4 Å². The minimum Gasteiger partial charge on any atom is -0.481 e. The molecule has 4 heterocycles. The molecule has 40 heavy (non-hydrogen) atoms. The van der Waals surface area contributed by atoms with Crippen molar-refractivity contribution >= 4 is 33.8 Å². The van der Waals surface area contributed by atoms with Gasteiger partial charge in [-0.1, -0.05) is 35.0 Å². The number of aliphatic hydroxyl groups is 1. The lowest BCUT2D eigenvalue weighted by Crippen LogP contribution is -2.31. The van der Waals surface area contributed by atoms with Gasteiger partial charge in [0.15, 0.2) is 5.60 Å². The fourth-order valence-corrected chi connectivity index (χ4v) is 6.51. The van der Waals surface area contributed by atoms with Gasteiger partial charge in [0.1, 0.15) is 5.69 Å². The summed E-state index contributed by atoms with van der Waals surface area (Å²) in [5, 5.41) is 22.7. The first-order valence-corrected chi connectivity index (χ1v) is 13.9.